The van der Waals surface area contributed by atoms with Crippen LogP contribution in [-0.4, -0.2) is 36.8 Å². The molecule has 0 spiro atoms. The first-order valence-corrected chi connectivity index (χ1v) is 5.04. The summed E-state index contributed by atoms with van der Waals surface area (Å²) in [5.41, 5.74) is 0.451. The number of benzene rings is 1. The van der Waals surface area contributed by atoms with Crippen LogP contribution in [0.1, 0.15) is 10.4 Å². The van der Waals surface area contributed by atoms with Crippen molar-refractivity contribution in [3.8, 4) is 0 Å². The van der Waals surface area contributed by atoms with Crippen LogP contribution >= 0.6 is 0 Å². The molecule has 1 aromatic rings. The van der Waals surface area contributed by atoms with E-state index >= 15 is 0 Å². The molecule has 0 amide bonds. The van der Waals surface area contributed by atoms with Crippen molar-refractivity contribution >= 4 is 34.9 Å². The Bertz CT molecular complexity index is 258. The van der Waals surface area contributed by atoms with Crippen molar-refractivity contribution in [2.45, 2.75) is 0 Å². The van der Waals surface area contributed by atoms with Crippen LogP contribution in [0.5, 0.6) is 0 Å². The Morgan fingerprint density at radius 1 is 1.40 bits per heavy atom. The Morgan fingerprint density at radius 2 is 2.00 bits per heavy atom. The summed E-state index contributed by atoms with van der Waals surface area (Å²) in [5.74, 6) is -0.821. The molecule has 0 aliphatic carbocycles. The number of aromatic carboxylic acids is 1. The second kappa shape index (κ2) is 3.14. The van der Waals surface area contributed by atoms with Gasteiger partial charge in [0.2, 0.25) is 0 Å². The molecule has 3 heteroatoms. The molecule has 0 unspecified atom stereocenters. The van der Waals surface area contributed by atoms with Crippen LogP contribution in [-0.2, 0) is 0 Å². The molecule has 1 aromatic carbocycles. The molecule has 0 aliphatic rings. The van der Waals surface area contributed by atoms with Crippen molar-refractivity contribution in [2.75, 3.05) is 0 Å². The fraction of sp³-hybridized carbons (Fsp3) is 0. The third-order valence-electron chi connectivity index (χ3n) is 1.19. The Hall–Kier alpha value is -0.388. The van der Waals surface area contributed by atoms with Crippen LogP contribution < -0.4 is 3.12 Å². The van der Waals surface area contributed by atoms with Gasteiger partial charge in [-0.15, -0.1) is 0 Å². The molecule has 0 bridgehead atoms. The Balaban J connectivity index is 3.15. The number of hydrogen-bond acceptors (Lipinski definition) is 1. The second-order valence-corrected chi connectivity index (χ2v) is 4.31. The maximum absolute atomic E-state index is 10.4. The molecule has 1 rings (SSSR count). The fourth-order valence-corrected chi connectivity index (χ4v) is 1.98. The minimum absolute atomic E-state index is 0.451. The summed E-state index contributed by atoms with van der Waals surface area (Å²) >= 11 is 0.595. The van der Waals surface area contributed by atoms with E-state index in [1.807, 2.05) is 12.1 Å². The van der Waals surface area contributed by atoms with Crippen molar-refractivity contribution in [3.63, 3.8) is 0 Å². The summed E-state index contributed by atoms with van der Waals surface area (Å²) in [4.78, 5) is 10.4. The van der Waals surface area contributed by atoms with E-state index < -0.39 is 5.97 Å². The first-order chi connectivity index (χ1) is 4.72. The van der Waals surface area contributed by atoms with Gasteiger partial charge in [0.25, 0.3) is 0 Å². The van der Waals surface area contributed by atoms with Gasteiger partial charge in [-0.1, -0.05) is 0 Å². The Morgan fingerprint density at radius 3 is 2.40 bits per heavy atom. The van der Waals surface area contributed by atoms with E-state index in [1.165, 1.54) is 0 Å². The van der Waals surface area contributed by atoms with Crippen molar-refractivity contribution in [3.05, 3.63) is 29.8 Å². The minimum atomic E-state index is -0.821. The molecule has 0 atom stereocenters. The number of hydrogen-bond donors (Lipinski definition) is 1. The Labute approximate surface area is 74.6 Å². The van der Waals surface area contributed by atoms with Gasteiger partial charge in [-0.25, -0.2) is 0 Å². The molecule has 10 heavy (non-hydrogen) atoms. The van der Waals surface area contributed by atoms with E-state index in [4.69, 9.17) is 5.11 Å². The summed E-state index contributed by atoms with van der Waals surface area (Å²) in [5, 5.41) is 8.59. The normalized spacial score (nSPS) is 9.10. The fourth-order valence-electron chi connectivity index (χ4n) is 0.692. The second-order valence-electron chi connectivity index (χ2n) is 1.89. The van der Waals surface area contributed by atoms with Crippen LogP contribution in [0, 0.1) is 0 Å². The molecule has 0 heterocycles. The predicted molar refractivity (Wildman–Crippen MR) is 38.8 cm³/mol. The molecule has 0 radical (unpaired) electrons. The number of carbonyl (C=O) groups is 1. The molecule has 1 N–H and O–H groups in total. The van der Waals surface area contributed by atoms with E-state index in [1.54, 1.807) is 12.1 Å². The van der Waals surface area contributed by atoms with Crippen LogP contribution in [0.2, 0.25) is 0 Å². The SMILES string of the molecule is O=C(O)c1cccc[c]1[Tl]. The first kappa shape index (κ1) is 7.72. The first-order valence-electron chi connectivity index (χ1n) is 2.79. The third kappa shape index (κ3) is 1.56. The summed E-state index contributed by atoms with van der Waals surface area (Å²) in [6.07, 6.45) is 0. The van der Waals surface area contributed by atoms with E-state index in [-0.39, 0.29) is 0 Å². The zero-order chi connectivity index (χ0) is 7.56. The predicted octanol–water partition coefficient (Wildman–Crippen LogP) is 0.179. The number of carboxylic acids is 1. The average Bonchev–Trinajstić information content (AvgIpc) is 1.88. The van der Waals surface area contributed by atoms with Gasteiger partial charge >= 0.3 is 74.6 Å². The summed E-state index contributed by atoms with van der Waals surface area (Å²) in [6.45, 7) is 0. The summed E-state index contributed by atoms with van der Waals surface area (Å²) in [6, 6.07) is 7.10. The molecule has 48 valence electrons. The molecular formula is C7H5O2Tl. The van der Waals surface area contributed by atoms with E-state index in [0.717, 1.165) is 3.12 Å². The zero-order valence-corrected chi connectivity index (χ0v) is 9.73. The van der Waals surface area contributed by atoms with Gasteiger partial charge in [0, 0.05) is 0 Å². The van der Waals surface area contributed by atoms with Gasteiger partial charge in [0.05, 0.1) is 0 Å². The molecule has 0 aromatic heterocycles. The average molecular weight is 325 g/mol. The zero-order valence-electron chi connectivity index (χ0n) is 5.24. The topological polar surface area (TPSA) is 37.3 Å². The molecule has 0 aliphatic heterocycles. The van der Waals surface area contributed by atoms with Gasteiger partial charge in [-0.05, 0) is 0 Å². The quantitative estimate of drug-likeness (QED) is 0.748. The van der Waals surface area contributed by atoms with Crippen LogP contribution in [0.3, 0.4) is 0 Å². The maximum atomic E-state index is 10.4. The monoisotopic (exact) mass is 326 g/mol. The molecule has 0 fully saturated rings. The van der Waals surface area contributed by atoms with Crippen LogP contribution in [0.4, 0.5) is 0 Å². The Kier molecular flexibility index (Phi) is 2.42. The van der Waals surface area contributed by atoms with Crippen molar-refractivity contribution in [1.29, 1.82) is 0 Å². The van der Waals surface area contributed by atoms with E-state index in [0.29, 0.717) is 31.3 Å². The summed E-state index contributed by atoms with van der Waals surface area (Å²) < 4.78 is 0.968. The van der Waals surface area contributed by atoms with Gasteiger partial charge in [0.15, 0.2) is 0 Å². The van der Waals surface area contributed by atoms with Crippen molar-refractivity contribution < 1.29 is 9.90 Å². The molecule has 2 nitrogen and oxygen atoms in total. The molecular weight excluding hydrogens is 320 g/mol. The molecule has 0 saturated heterocycles. The third-order valence-corrected chi connectivity index (χ3v) is 3.15. The van der Waals surface area contributed by atoms with Crippen LogP contribution in [0.15, 0.2) is 24.3 Å². The summed E-state index contributed by atoms with van der Waals surface area (Å²) in [7, 11) is 0. The van der Waals surface area contributed by atoms with E-state index in [2.05, 4.69) is 0 Å². The van der Waals surface area contributed by atoms with Gasteiger partial charge < -0.3 is 0 Å². The van der Waals surface area contributed by atoms with Crippen molar-refractivity contribution in [1.82, 2.24) is 0 Å². The standard InChI is InChI=1S/C7H5O2.Tl/c8-7(9)6-4-2-1-3-5-6;/h1-4H,(H,8,9);. The number of carboxylic acid groups (broad SMARTS) is 1. The van der Waals surface area contributed by atoms with E-state index in [9.17, 15) is 4.79 Å². The molecule has 0 saturated carbocycles. The van der Waals surface area contributed by atoms with Gasteiger partial charge in [0.1, 0.15) is 0 Å². The van der Waals surface area contributed by atoms with Crippen LogP contribution in [0.25, 0.3) is 0 Å². The van der Waals surface area contributed by atoms with Gasteiger partial charge in [-0.2, -0.15) is 0 Å². The van der Waals surface area contributed by atoms with Gasteiger partial charge in [-0.3, -0.25) is 0 Å². The van der Waals surface area contributed by atoms with Crippen molar-refractivity contribution in [2.24, 2.45) is 0 Å². The number of rotatable bonds is 1.